The Morgan fingerprint density at radius 1 is 1.50 bits per heavy atom. The first kappa shape index (κ1) is 10.6. The van der Waals surface area contributed by atoms with Crippen molar-refractivity contribution >= 4 is 11.5 Å². The molecule has 0 aromatic carbocycles. The lowest BCUT2D eigenvalue weighted by Gasteiger charge is -2.19. The van der Waals surface area contributed by atoms with Crippen LogP contribution in [0.4, 0.5) is 24.7 Å². The van der Waals surface area contributed by atoms with E-state index in [1.165, 1.54) is 25.4 Å². The van der Waals surface area contributed by atoms with E-state index in [0.29, 0.717) is 5.69 Å². The first-order valence-electron chi connectivity index (χ1n) is 3.88. The van der Waals surface area contributed by atoms with Crippen molar-refractivity contribution in [2.45, 2.75) is 6.18 Å². The molecule has 1 aromatic rings. The lowest BCUT2D eigenvalue weighted by atomic mass is 10.4. The third-order valence-electron chi connectivity index (χ3n) is 1.58. The van der Waals surface area contributed by atoms with Gasteiger partial charge >= 0.3 is 6.18 Å². The van der Waals surface area contributed by atoms with Crippen LogP contribution in [0.2, 0.25) is 0 Å². The normalized spacial score (nSPS) is 11.4. The summed E-state index contributed by atoms with van der Waals surface area (Å²) in [6.07, 6.45) is -2.86. The standard InChI is InChI=1S/C8H10F3N3/c1-14(5-8(9,10)11)7-4-6(12)2-3-13-7/h2-4H,5H2,1H3,(H2,12,13). The average molecular weight is 205 g/mol. The molecule has 0 atom stereocenters. The van der Waals surface area contributed by atoms with E-state index in [1.54, 1.807) is 0 Å². The minimum Gasteiger partial charge on any atom is -0.399 e. The van der Waals surface area contributed by atoms with Gasteiger partial charge < -0.3 is 10.6 Å². The molecule has 0 saturated carbocycles. The van der Waals surface area contributed by atoms with Crippen LogP contribution in [0.1, 0.15) is 0 Å². The first-order valence-corrected chi connectivity index (χ1v) is 3.88. The Bertz CT molecular complexity index is 311. The van der Waals surface area contributed by atoms with E-state index in [-0.39, 0.29) is 5.82 Å². The molecule has 3 nitrogen and oxygen atoms in total. The fourth-order valence-corrected chi connectivity index (χ4v) is 0.993. The number of nitrogens with two attached hydrogens (primary N) is 1. The largest absolute Gasteiger partial charge is 0.405 e. The molecule has 14 heavy (non-hydrogen) atoms. The zero-order chi connectivity index (χ0) is 10.8. The van der Waals surface area contributed by atoms with E-state index in [4.69, 9.17) is 5.73 Å². The summed E-state index contributed by atoms with van der Waals surface area (Å²) in [6.45, 7) is -1.04. The van der Waals surface area contributed by atoms with Crippen LogP contribution in [-0.2, 0) is 0 Å². The van der Waals surface area contributed by atoms with Crippen LogP contribution in [0.15, 0.2) is 18.3 Å². The van der Waals surface area contributed by atoms with Gasteiger partial charge in [-0.2, -0.15) is 13.2 Å². The second-order valence-electron chi connectivity index (χ2n) is 2.92. The maximum Gasteiger partial charge on any atom is 0.405 e. The predicted molar refractivity (Wildman–Crippen MR) is 48.0 cm³/mol. The molecule has 0 radical (unpaired) electrons. The number of pyridine rings is 1. The van der Waals surface area contributed by atoms with Gasteiger partial charge in [0.05, 0.1) is 0 Å². The molecule has 0 amide bonds. The fourth-order valence-electron chi connectivity index (χ4n) is 0.993. The topological polar surface area (TPSA) is 42.1 Å². The number of aromatic nitrogens is 1. The molecule has 1 heterocycles. The van der Waals surface area contributed by atoms with Crippen molar-refractivity contribution in [3.8, 4) is 0 Å². The molecule has 2 N–H and O–H groups in total. The van der Waals surface area contributed by atoms with Crippen LogP contribution < -0.4 is 10.6 Å². The first-order chi connectivity index (χ1) is 6.38. The molecule has 0 aliphatic heterocycles. The molecule has 0 bridgehead atoms. The summed E-state index contributed by atoms with van der Waals surface area (Å²) >= 11 is 0. The number of halogens is 3. The number of alkyl halides is 3. The van der Waals surface area contributed by atoms with Crippen molar-refractivity contribution in [1.82, 2.24) is 4.98 Å². The third-order valence-corrected chi connectivity index (χ3v) is 1.58. The average Bonchev–Trinajstić information content (AvgIpc) is 2.01. The monoisotopic (exact) mass is 205 g/mol. The van der Waals surface area contributed by atoms with Crippen LogP contribution in [0.3, 0.4) is 0 Å². The molecule has 0 spiro atoms. The predicted octanol–water partition coefficient (Wildman–Crippen LogP) is 1.66. The smallest absolute Gasteiger partial charge is 0.399 e. The minimum atomic E-state index is -4.24. The Hall–Kier alpha value is -1.46. The Morgan fingerprint density at radius 3 is 2.64 bits per heavy atom. The number of nitrogen functional groups attached to an aromatic ring is 1. The molecule has 78 valence electrons. The number of rotatable bonds is 2. The third kappa shape index (κ3) is 3.12. The van der Waals surface area contributed by atoms with Gasteiger partial charge in [0.2, 0.25) is 0 Å². The number of hydrogen-bond acceptors (Lipinski definition) is 3. The number of anilines is 2. The molecule has 6 heteroatoms. The highest BCUT2D eigenvalue weighted by molar-refractivity contribution is 5.49. The molecule has 1 rings (SSSR count). The highest BCUT2D eigenvalue weighted by Crippen LogP contribution is 2.20. The van der Waals surface area contributed by atoms with Gasteiger partial charge in [0.1, 0.15) is 12.4 Å². The summed E-state index contributed by atoms with van der Waals surface area (Å²) in [5.74, 6) is 0.210. The second kappa shape index (κ2) is 3.73. The van der Waals surface area contributed by atoms with Crippen LogP contribution in [0.25, 0.3) is 0 Å². The highest BCUT2D eigenvalue weighted by atomic mass is 19.4. The molecule has 0 aliphatic carbocycles. The Kier molecular flexibility index (Phi) is 2.83. The van der Waals surface area contributed by atoms with Crippen LogP contribution in [-0.4, -0.2) is 24.8 Å². The zero-order valence-electron chi connectivity index (χ0n) is 7.54. The Balaban J connectivity index is 2.74. The van der Waals surface area contributed by atoms with E-state index in [2.05, 4.69) is 4.98 Å². The van der Waals surface area contributed by atoms with E-state index < -0.39 is 12.7 Å². The Morgan fingerprint density at radius 2 is 2.14 bits per heavy atom. The molecule has 0 fully saturated rings. The maximum atomic E-state index is 12.0. The second-order valence-corrected chi connectivity index (χ2v) is 2.92. The molecule has 0 aliphatic rings. The van der Waals surface area contributed by atoms with Crippen molar-refractivity contribution in [3.63, 3.8) is 0 Å². The van der Waals surface area contributed by atoms with E-state index in [1.807, 2.05) is 0 Å². The summed E-state index contributed by atoms with van der Waals surface area (Å²) in [5, 5.41) is 0. The number of nitrogens with zero attached hydrogens (tertiary/aromatic N) is 2. The summed E-state index contributed by atoms with van der Waals surface area (Å²) < 4.78 is 36.0. The van der Waals surface area contributed by atoms with Gasteiger partial charge in [-0.3, -0.25) is 0 Å². The van der Waals surface area contributed by atoms with Crippen LogP contribution in [0, 0.1) is 0 Å². The van der Waals surface area contributed by atoms with E-state index >= 15 is 0 Å². The van der Waals surface area contributed by atoms with Gasteiger partial charge in [0.15, 0.2) is 0 Å². The highest BCUT2D eigenvalue weighted by Gasteiger charge is 2.29. The van der Waals surface area contributed by atoms with Crippen LogP contribution >= 0.6 is 0 Å². The number of hydrogen-bond donors (Lipinski definition) is 1. The van der Waals surface area contributed by atoms with Gasteiger partial charge in [-0.15, -0.1) is 0 Å². The van der Waals surface area contributed by atoms with Crippen molar-refractivity contribution < 1.29 is 13.2 Å². The maximum absolute atomic E-state index is 12.0. The molecule has 0 saturated heterocycles. The van der Waals surface area contributed by atoms with Crippen molar-refractivity contribution in [3.05, 3.63) is 18.3 Å². The van der Waals surface area contributed by atoms with Crippen LogP contribution in [0.5, 0.6) is 0 Å². The SMILES string of the molecule is CN(CC(F)(F)F)c1cc(N)ccn1. The van der Waals surface area contributed by atoms with Crippen molar-refractivity contribution in [2.24, 2.45) is 0 Å². The van der Waals surface area contributed by atoms with E-state index in [0.717, 1.165) is 4.90 Å². The Labute approximate surface area is 79.3 Å². The quantitative estimate of drug-likeness (QED) is 0.798. The summed E-state index contributed by atoms with van der Waals surface area (Å²) in [6, 6.07) is 2.91. The molecular formula is C8H10F3N3. The summed E-state index contributed by atoms with van der Waals surface area (Å²) in [5.41, 5.74) is 5.80. The lowest BCUT2D eigenvalue weighted by Crippen LogP contribution is -2.31. The lowest BCUT2D eigenvalue weighted by molar-refractivity contribution is -0.119. The van der Waals surface area contributed by atoms with Gasteiger partial charge in [-0.05, 0) is 6.07 Å². The van der Waals surface area contributed by atoms with Crippen molar-refractivity contribution in [2.75, 3.05) is 24.2 Å². The van der Waals surface area contributed by atoms with Gasteiger partial charge in [-0.25, -0.2) is 4.98 Å². The molecule has 1 aromatic heterocycles. The van der Waals surface area contributed by atoms with Gasteiger partial charge in [0.25, 0.3) is 0 Å². The van der Waals surface area contributed by atoms with Gasteiger partial charge in [-0.1, -0.05) is 0 Å². The molecular weight excluding hydrogens is 195 g/mol. The van der Waals surface area contributed by atoms with Gasteiger partial charge in [0, 0.05) is 25.0 Å². The zero-order valence-corrected chi connectivity index (χ0v) is 7.54. The molecule has 0 unspecified atom stereocenters. The van der Waals surface area contributed by atoms with E-state index in [9.17, 15) is 13.2 Å². The van der Waals surface area contributed by atoms with Crippen molar-refractivity contribution in [1.29, 1.82) is 0 Å². The fraction of sp³-hybridized carbons (Fsp3) is 0.375. The summed E-state index contributed by atoms with van der Waals surface area (Å²) in [4.78, 5) is 4.77. The summed E-state index contributed by atoms with van der Waals surface area (Å²) in [7, 11) is 1.31. The minimum absolute atomic E-state index is 0.210.